The summed E-state index contributed by atoms with van der Waals surface area (Å²) in [4.78, 5) is 21.5. The molecule has 0 radical (unpaired) electrons. The molecule has 0 aliphatic carbocycles. The Morgan fingerprint density at radius 2 is 1.67 bits per heavy atom. The van der Waals surface area contributed by atoms with Crippen LogP contribution in [0.15, 0.2) is 48.5 Å². The molecule has 3 aromatic rings. The van der Waals surface area contributed by atoms with E-state index in [9.17, 15) is 4.79 Å². The zero-order valence-corrected chi connectivity index (χ0v) is 18.1. The van der Waals surface area contributed by atoms with Gasteiger partial charge < -0.3 is 15.4 Å². The zero-order valence-electron chi connectivity index (χ0n) is 18.1. The average molecular weight is 405 g/mol. The van der Waals surface area contributed by atoms with Gasteiger partial charge in [-0.3, -0.25) is 4.79 Å². The summed E-state index contributed by atoms with van der Waals surface area (Å²) < 4.78 is 5.72. The van der Waals surface area contributed by atoms with Crippen molar-refractivity contribution in [2.24, 2.45) is 0 Å². The van der Waals surface area contributed by atoms with Crippen LogP contribution in [0.1, 0.15) is 52.8 Å². The number of ether oxygens (including phenoxy) is 1. The van der Waals surface area contributed by atoms with E-state index in [0.717, 1.165) is 34.0 Å². The van der Waals surface area contributed by atoms with Gasteiger partial charge in [-0.15, -0.1) is 0 Å². The Labute approximate surface area is 177 Å². The second-order valence-corrected chi connectivity index (χ2v) is 7.35. The second-order valence-electron chi connectivity index (χ2n) is 7.35. The molecule has 2 aromatic carbocycles. The number of carbonyl (C=O) groups excluding carboxylic acids is 1. The number of hydrogen-bond donors (Lipinski definition) is 2. The van der Waals surface area contributed by atoms with Crippen molar-refractivity contribution < 1.29 is 9.53 Å². The van der Waals surface area contributed by atoms with E-state index in [-0.39, 0.29) is 11.9 Å². The summed E-state index contributed by atoms with van der Waals surface area (Å²) in [6.07, 6.45) is 0. The highest BCUT2D eigenvalue weighted by Gasteiger charge is 2.16. The summed E-state index contributed by atoms with van der Waals surface area (Å²) in [6.45, 7) is 10.4. The third-order valence-electron chi connectivity index (χ3n) is 4.66. The van der Waals surface area contributed by atoms with E-state index in [2.05, 4.69) is 20.6 Å². The fraction of sp³-hybridized carbons (Fsp3) is 0.292. The van der Waals surface area contributed by atoms with Crippen molar-refractivity contribution >= 4 is 17.5 Å². The summed E-state index contributed by atoms with van der Waals surface area (Å²) >= 11 is 0. The van der Waals surface area contributed by atoms with Crippen molar-refractivity contribution in [2.75, 3.05) is 11.9 Å². The van der Waals surface area contributed by atoms with Crippen LogP contribution in [0.5, 0.6) is 5.75 Å². The van der Waals surface area contributed by atoms with Crippen molar-refractivity contribution in [3.8, 4) is 5.75 Å². The van der Waals surface area contributed by atoms with Crippen LogP contribution in [0.3, 0.4) is 0 Å². The normalized spacial score (nSPS) is 11.6. The first kappa shape index (κ1) is 21.3. The molecule has 156 valence electrons. The lowest BCUT2D eigenvalue weighted by Crippen LogP contribution is -2.27. The van der Waals surface area contributed by atoms with Gasteiger partial charge in [0.15, 0.2) is 0 Å². The number of anilines is 2. The Morgan fingerprint density at radius 1 is 1.00 bits per heavy atom. The summed E-state index contributed by atoms with van der Waals surface area (Å²) in [7, 11) is 0. The van der Waals surface area contributed by atoms with Gasteiger partial charge in [-0.25, -0.2) is 9.97 Å². The Hall–Kier alpha value is -3.41. The van der Waals surface area contributed by atoms with Crippen LogP contribution in [0, 0.1) is 20.8 Å². The molecule has 0 aliphatic rings. The van der Waals surface area contributed by atoms with E-state index in [1.807, 2.05) is 71.0 Å². The Balaban J connectivity index is 1.69. The van der Waals surface area contributed by atoms with Crippen molar-refractivity contribution in [2.45, 2.75) is 40.7 Å². The Morgan fingerprint density at radius 3 is 2.30 bits per heavy atom. The Kier molecular flexibility index (Phi) is 6.67. The monoisotopic (exact) mass is 404 g/mol. The smallest absolute Gasteiger partial charge is 0.251 e. The molecule has 3 rings (SSSR count). The molecule has 2 N–H and O–H groups in total. The number of rotatable bonds is 7. The van der Waals surface area contributed by atoms with E-state index in [1.54, 1.807) is 12.1 Å². The van der Waals surface area contributed by atoms with Crippen LogP contribution < -0.4 is 15.4 Å². The van der Waals surface area contributed by atoms with Crippen LogP contribution in [-0.2, 0) is 0 Å². The molecule has 0 saturated carbocycles. The molecule has 6 nitrogen and oxygen atoms in total. The van der Waals surface area contributed by atoms with Crippen molar-refractivity contribution in [1.82, 2.24) is 15.3 Å². The van der Waals surface area contributed by atoms with E-state index >= 15 is 0 Å². The average Bonchev–Trinajstić information content (AvgIpc) is 2.69. The molecule has 6 heteroatoms. The quantitative estimate of drug-likeness (QED) is 0.577. The van der Waals surface area contributed by atoms with Gasteiger partial charge in [-0.2, -0.15) is 0 Å². The number of benzene rings is 2. The highest BCUT2D eigenvalue weighted by atomic mass is 16.5. The first-order chi connectivity index (χ1) is 14.4. The second kappa shape index (κ2) is 9.39. The molecule has 1 unspecified atom stereocenters. The van der Waals surface area contributed by atoms with Crippen molar-refractivity contribution in [3.63, 3.8) is 0 Å². The van der Waals surface area contributed by atoms with Gasteiger partial charge in [0, 0.05) is 28.2 Å². The van der Waals surface area contributed by atoms with Gasteiger partial charge in [0.1, 0.15) is 5.75 Å². The molecule has 0 bridgehead atoms. The van der Waals surface area contributed by atoms with Gasteiger partial charge in [-0.1, -0.05) is 17.7 Å². The molecule has 0 spiro atoms. The molecule has 0 saturated heterocycles. The van der Waals surface area contributed by atoms with Gasteiger partial charge in [0.05, 0.1) is 12.6 Å². The number of carbonyl (C=O) groups is 1. The number of aromatic nitrogens is 2. The summed E-state index contributed by atoms with van der Waals surface area (Å²) in [5.74, 6) is 1.20. The number of aryl methyl sites for hydroxylation is 3. The largest absolute Gasteiger partial charge is 0.494 e. The molecule has 30 heavy (non-hydrogen) atoms. The Bertz CT molecular complexity index is 1010. The van der Waals surface area contributed by atoms with Crippen LogP contribution in [0.25, 0.3) is 0 Å². The maximum absolute atomic E-state index is 12.7. The number of hydrogen-bond acceptors (Lipinski definition) is 5. The van der Waals surface area contributed by atoms with E-state index in [4.69, 9.17) is 4.74 Å². The lowest BCUT2D eigenvalue weighted by molar-refractivity contribution is 0.0939. The minimum absolute atomic E-state index is 0.138. The number of nitrogens with one attached hydrogen (secondary N) is 2. The first-order valence-corrected chi connectivity index (χ1v) is 10.1. The molecular weight excluding hydrogens is 376 g/mol. The maximum atomic E-state index is 12.7. The number of nitrogens with zero attached hydrogens (tertiary/aromatic N) is 2. The van der Waals surface area contributed by atoms with Gasteiger partial charge >= 0.3 is 0 Å². The van der Waals surface area contributed by atoms with Gasteiger partial charge in [0.25, 0.3) is 5.91 Å². The van der Waals surface area contributed by atoms with Gasteiger partial charge in [0.2, 0.25) is 5.95 Å². The summed E-state index contributed by atoms with van der Waals surface area (Å²) in [5, 5.41) is 6.23. The predicted molar refractivity (Wildman–Crippen MR) is 119 cm³/mol. The van der Waals surface area contributed by atoms with Crippen LogP contribution >= 0.6 is 0 Å². The predicted octanol–water partition coefficient (Wildman–Crippen LogP) is 5.04. The summed E-state index contributed by atoms with van der Waals surface area (Å²) in [5.41, 5.74) is 5.30. The lowest BCUT2D eigenvalue weighted by atomic mass is 10.0. The number of amides is 1. The van der Waals surface area contributed by atoms with E-state index in [1.165, 1.54) is 0 Å². The zero-order chi connectivity index (χ0) is 21.7. The lowest BCUT2D eigenvalue weighted by Gasteiger charge is -2.19. The molecule has 0 aliphatic heterocycles. The molecule has 0 fully saturated rings. The third-order valence-corrected chi connectivity index (χ3v) is 4.66. The molecule has 1 heterocycles. The minimum Gasteiger partial charge on any atom is -0.494 e. The maximum Gasteiger partial charge on any atom is 0.251 e. The topological polar surface area (TPSA) is 76.1 Å². The highest BCUT2D eigenvalue weighted by molar-refractivity contribution is 5.94. The van der Waals surface area contributed by atoms with Crippen LogP contribution in [0.2, 0.25) is 0 Å². The van der Waals surface area contributed by atoms with E-state index in [0.29, 0.717) is 18.1 Å². The molecule has 1 amide bonds. The molecular formula is C24H28N4O2. The molecule has 1 aromatic heterocycles. The van der Waals surface area contributed by atoms with Crippen molar-refractivity contribution in [1.29, 1.82) is 0 Å². The minimum atomic E-state index is -0.180. The summed E-state index contributed by atoms with van der Waals surface area (Å²) in [6, 6.07) is 15.0. The fourth-order valence-corrected chi connectivity index (χ4v) is 3.27. The van der Waals surface area contributed by atoms with Crippen molar-refractivity contribution in [3.05, 3.63) is 76.6 Å². The standard InChI is InChI=1S/C24H28N4O2/c1-6-30-22-12-7-15(2)13-21(22)18(5)27-23(29)19-8-10-20(11-9-19)28-24-25-16(3)14-17(4)26-24/h7-14,18H,6H2,1-5H3,(H,27,29)(H,25,26,28). The van der Waals surface area contributed by atoms with Crippen LogP contribution in [0.4, 0.5) is 11.6 Å². The highest BCUT2D eigenvalue weighted by Crippen LogP contribution is 2.27. The van der Waals surface area contributed by atoms with Gasteiger partial charge in [-0.05, 0) is 71.0 Å². The fourth-order valence-electron chi connectivity index (χ4n) is 3.27. The first-order valence-electron chi connectivity index (χ1n) is 10.1. The van der Waals surface area contributed by atoms with E-state index < -0.39 is 0 Å². The SMILES string of the molecule is CCOc1ccc(C)cc1C(C)NC(=O)c1ccc(Nc2nc(C)cc(C)n2)cc1. The molecule has 1 atom stereocenters. The third kappa shape index (κ3) is 5.35. The van der Waals surface area contributed by atoms with Crippen LogP contribution in [-0.4, -0.2) is 22.5 Å².